The molecule has 1 aliphatic carbocycles. The van der Waals surface area contributed by atoms with Crippen LogP contribution < -0.4 is 5.32 Å². The van der Waals surface area contributed by atoms with Crippen LogP contribution in [0.15, 0.2) is 6.20 Å². The second-order valence-corrected chi connectivity index (χ2v) is 5.41. The van der Waals surface area contributed by atoms with Crippen molar-refractivity contribution < 1.29 is 0 Å². The molecule has 0 unspecified atom stereocenters. The van der Waals surface area contributed by atoms with E-state index in [1.807, 2.05) is 17.5 Å². The summed E-state index contributed by atoms with van der Waals surface area (Å²) in [6.07, 6.45) is 7.22. The lowest BCUT2D eigenvalue weighted by molar-refractivity contribution is 0.358. The van der Waals surface area contributed by atoms with Gasteiger partial charge in [-0.2, -0.15) is 0 Å². The van der Waals surface area contributed by atoms with E-state index >= 15 is 0 Å². The Balaban J connectivity index is 1.95. The molecule has 1 aromatic heterocycles. The van der Waals surface area contributed by atoms with Crippen LogP contribution in [0.2, 0.25) is 0 Å². The highest BCUT2D eigenvalue weighted by Gasteiger charge is 2.22. The van der Waals surface area contributed by atoms with Gasteiger partial charge >= 0.3 is 0 Å². The molecule has 1 aliphatic rings. The molecule has 0 radical (unpaired) electrons. The Bertz CT molecular complexity index is 287. The topological polar surface area (TPSA) is 24.9 Å². The number of rotatable bonds is 2. The average Bonchev–Trinajstić information content (AvgIpc) is 2.65. The van der Waals surface area contributed by atoms with E-state index in [0.29, 0.717) is 0 Å². The van der Waals surface area contributed by atoms with Gasteiger partial charge in [-0.1, -0.05) is 0 Å². The Hall–Kier alpha value is -0.410. The maximum Gasteiger partial charge on any atom is 0.0958 e. The summed E-state index contributed by atoms with van der Waals surface area (Å²) in [5.41, 5.74) is 0. The Morgan fingerprint density at radius 3 is 2.57 bits per heavy atom. The molecule has 0 aliphatic heterocycles. The van der Waals surface area contributed by atoms with Crippen molar-refractivity contribution in [1.29, 1.82) is 0 Å². The Kier molecular flexibility index (Phi) is 3.19. The number of nitrogens with one attached hydrogen (secondary N) is 1. The molecule has 1 saturated carbocycles. The van der Waals surface area contributed by atoms with Crippen molar-refractivity contribution in [1.82, 2.24) is 10.3 Å². The van der Waals surface area contributed by atoms with E-state index < -0.39 is 0 Å². The zero-order chi connectivity index (χ0) is 9.97. The predicted octanol–water partition coefficient (Wildman–Crippen LogP) is 2.70. The van der Waals surface area contributed by atoms with Crippen LogP contribution in [0, 0.1) is 6.92 Å². The Morgan fingerprint density at radius 1 is 1.36 bits per heavy atom. The van der Waals surface area contributed by atoms with Gasteiger partial charge in [0.25, 0.3) is 0 Å². The predicted molar refractivity (Wildman–Crippen MR) is 60.9 cm³/mol. The molecule has 78 valence electrons. The molecule has 1 fully saturated rings. The summed E-state index contributed by atoms with van der Waals surface area (Å²) in [5, 5.41) is 4.72. The minimum atomic E-state index is 0.735. The molecule has 3 heteroatoms. The van der Waals surface area contributed by atoms with Crippen LogP contribution in [-0.2, 0) is 0 Å². The summed E-state index contributed by atoms with van der Waals surface area (Å²) in [6.45, 7) is 2.14. The van der Waals surface area contributed by atoms with Gasteiger partial charge in [0.15, 0.2) is 0 Å². The summed E-state index contributed by atoms with van der Waals surface area (Å²) in [5.74, 6) is 0.735. The molecule has 0 atom stereocenters. The second kappa shape index (κ2) is 4.41. The first-order valence-corrected chi connectivity index (χ1v) is 6.21. The van der Waals surface area contributed by atoms with Crippen LogP contribution in [-0.4, -0.2) is 18.1 Å². The Labute approximate surface area is 89.8 Å². The maximum atomic E-state index is 4.49. The lowest BCUT2D eigenvalue weighted by Gasteiger charge is -2.26. The van der Waals surface area contributed by atoms with Gasteiger partial charge in [0.2, 0.25) is 0 Å². The summed E-state index contributed by atoms with van der Waals surface area (Å²) in [4.78, 5) is 5.83. The monoisotopic (exact) mass is 210 g/mol. The lowest BCUT2D eigenvalue weighted by Crippen LogP contribution is -2.29. The molecule has 2 rings (SSSR count). The van der Waals surface area contributed by atoms with E-state index in [2.05, 4.69) is 24.3 Å². The molecular formula is C11H18N2S. The third kappa shape index (κ3) is 2.15. The van der Waals surface area contributed by atoms with Crippen LogP contribution in [0.25, 0.3) is 0 Å². The van der Waals surface area contributed by atoms with Gasteiger partial charge in [0.05, 0.1) is 5.01 Å². The molecular weight excluding hydrogens is 192 g/mol. The van der Waals surface area contributed by atoms with Gasteiger partial charge in [-0.3, -0.25) is 0 Å². The molecule has 2 nitrogen and oxygen atoms in total. The van der Waals surface area contributed by atoms with E-state index in [1.165, 1.54) is 35.6 Å². The summed E-state index contributed by atoms with van der Waals surface area (Å²) >= 11 is 1.87. The quantitative estimate of drug-likeness (QED) is 0.812. The molecule has 1 heterocycles. The highest BCUT2D eigenvalue weighted by molar-refractivity contribution is 7.11. The molecule has 0 aromatic carbocycles. The number of nitrogens with zero attached hydrogens (tertiary/aromatic N) is 1. The third-order valence-electron chi connectivity index (χ3n) is 3.12. The molecule has 1 N–H and O–H groups in total. The van der Waals surface area contributed by atoms with Gasteiger partial charge in [0, 0.05) is 23.0 Å². The first-order valence-electron chi connectivity index (χ1n) is 5.39. The van der Waals surface area contributed by atoms with Gasteiger partial charge in [-0.15, -0.1) is 11.3 Å². The van der Waals surface area contributed by atoms with Crippen LogP contribution >= 0.6 is 11.3 Å². The minimum Gasteiger partial charge on any atom is -0.317 e. The molecule has 14 heavy (non-hydrogen) atoms. The van der Waals surface area contributed by atoms with Crippen molar-refractivity contribution in [2.45, 2.75) is 44.6 Å². The van der Waals surface area contributed by atoms with Gasteiger partial charge in [0.1, 0.15) is 0 Å². The molecule has 1 aromatic rings. The van der Waals surface area contributed by atoms with E-state index in [1.54, 1.807) is 0 Å². The first kappa shape index (κ1) is 10.1. The van der Waals surface area contributed by atoms with Crippen molar-refractivity contribution in [2.75, 3.05) is 7.05 Å². The Morgan fingerprint density at radius 2 is 2.07 bits per heavy atom. The number of aryl methyl sites for hydroxylation is 1. The fraction of sp³-hybridized carbons (Fsp3) is 0.727. The van der Waals surface area contributed by atoms with Gasteiger partial charge in [-0.05, 0) is 39.7 Å². The zero-order valence-electron chi connectivity index (χ0n) is 8.92. The SMILES string of the molecule is CNC1CCC(c2ncc(C)s2)CC1. The van der Waals surface area contributed by atoms with Gasteiger partial charge in [-0.25, -0.2) is 4.98 Å². The summed E-state index contributed by atoms with van der Waals surface area (Å²) in [6, 6.07) is 0.743. The molecule has 0 bridgehead atoms. The summed E-state index contributed by atoms with van der Waals surface area (Å²) in [7, 11) is 2.07. The van der Waals surface area contributed by atoms with Crippen molar-refractivity contribution in [3.8, 4) is 0 Å². The lowest BCUT2D eigenvalue weighted by atomic mass is 9.86. The normalized spacial score (nSPS) is 27.9. The smallest absolute Gasteiger partial charge is 0.0958 e. The first-order chi connectivity index (χ1) is 6.79. The summed E-state index contributed by atoms with van der Waals surface area (Å²) < 4.78 is 0. The number of thiazole rings is 1. The fourth-order valence-electron chi connectivity index (χ4n) is 2.19. The maximum absolute atomic E-state index is 4.49. The van der Waals surface area contributed by atoms with E-state index in [4.69, 9.17) is 0 Å². The van der Waals surface area contributed by atoms with Crippen LogP contribution in [0.4, 0.5) is 0 Å². The van der Waals surface area contributed by atoms with Crippen LogP contribution in [0.1, 0.15) is 41.5 Å². The standard InChI is InChI=1S/C11H18N2S/c1-8-7-13-11(14-8)9-3-5-10(12-2)6-4-9/h7,9-10,12H,3-6H2,1-2H3. The van der Waals surface area contributed by atoms with Crippen molar-refractivity contribution in [3.63, 3.8) is 0 Å². The minimum absolute atomic E-state index is 0.735. The molecule has 0 saturated heterocycles. The van der Waals surface area contributed by atoms with E-state index in [-0.39, 0.29) is 0 Å². The van der Waals surface area contributed by atoms with E-state index in [0.717, 1.165) is 12.0 Å². The van der Waals surface area contributed by atoms with Crippen molar-refractivity contribution in [3.05, 3.63) is 16.1 Å². The fourth-order valence-corrected chi connectivity index (χ4v) is 3.13. The number of aromatic nitrogens is 1. The largest absolute Gasteiger partial charge is 0.317 e. The number of hydrogen-bond donors (Lipinski definition) is 1. The van der Waals surface area contributed by atoms with Crippen molar-refractivity contribution in [2.24, 2.45) is 0 Å². The van der Waals surface area contributed by atoms with Gasteiger partial charge < -0.3 is 5.32 Å². The molecule has 0 spiro atoms. The highest BCUT2D eigenvalue weighted by atomic mass is 32.1. The second-order valence-electron chi connectivity index (χ2n) is 4.15. The highest BCUT2D eigenvalue weighted by Crippen LogP contribution is 2.34. The molecule has 0 amide bonds. The average molecular weight is 210 g/mol. The van der Waals surface area contributed by atoms with E-state index in [9.17, 15) is 0 Å². The van der Waals surface area contributed by atoms with Crippen LogP contribution in [0.3, 0.4) is 0 Å². The van der Waals surface area contributed by atoms with Crippen molar-refractivity contribution >= 4 is 11.3 Å². The number of hydrogen-bond acceptors (Lipinski definition) is 3. The van der Waals surface area contributed by atoms with Crippen LogP contribution in [0.5, 0.6) is 0 Å². The third-order valence-corrected chi connectivity index (χ3v) is 4.20. The zero-order valence-corrected chi connectivity index (χ0v) is 9.73.